The van der Waals surface area contributed by atoms with Crippen LogP contribution in [0.4, 0.5) is 0 Å². The number of aryl methyl sites for hydroxylation is 1. The van der Waals surface area contributed by atoms with E-state index in [1.165, 1.54) is 6.07 Å². The van der Waals surface area contributed by atoms with Crippen LogP contribution in [0.5, 0.6) is 0 Å². The Bertz CT molecular complexity index is 596. The summed E-state index contributed by atoms with van der Waals surface area (Å²) in [4.78, 5) is 14.9. The van der Waals surface area contributed by atoms with Crippen LogP contribution >= 0.6 is 23.2 Å². The lowest BCUT2D eigenvalue weighted by atomic mass is 10.1. The van der Waals surface area contributed by atoms with E-state index in [4.69, 9.17) is 28.3 Å². The van der Waals surface area contributed by atoms with E-state index in [1.807, 2.05) is 6.92 Å². The number of benzene rings is 1. The Morgan fingerprint density at radius 1 is 1.31 bits per heavy atom. The maximum atomic E-state index is 10.9. The lowest BCUT2D eigenvalue weighted by molar-refractivity contribution is 0.0697. The highest BCUT2D eigenvalue weighted by atomic mass is 35.5. The SMILES string of the molecule is Cc1cc(Cl)cc2nc(Cl)c(C(=O)O)cc12. The van der Waals surface area contributed by atoms with Crippen molar-refractivity contribution >= 4 is 40.1 Å². The summed E-state index contributed by atoms with van der Waals surface area (Å²) >= 11 is 11.6. The summed E-state index contributed by atoms with van der Waals surface area (Å²) in [6, 6.07) is 4.92. The van der Waals surface area contributed by atoms with Crippen LogP contribution in [0, 0.1) is 6.92 Å². The summed E-state index contributed by atoms with van der Waals surface area (Å²) < 4.78 is 0. The highest BCUT2D eigenvalue weighted by Gasteiger charge is 2.12. The Morgan fingerprint density at radius 2 is 2.00 bits per heavy atom. The predicted octanol–water partition coefficient (Wildman–Crippen LogP) is 3.55. The highest BCUT2D eigenvalue weighted by molar-refractivity contribution is 6.33. The minimum atomic E-state index is -1.09. The number of hydrogen-bond donors (Lipinski definition) is 1. The molecular formula is C11H7Cl2NO2. The van der Waals surface area contributed by atoms with Crippen molar-refractivity contribution in [2.75, 3.05) is 0 Å². The maximum absolute atomic E-state index is 10.9. The van der Waals surface area contributed by atoms with E-state index in [1.54, 1.807) is 12.1 Å². The first-order valence-electron chi connectivity index (χ1n) is 4.48. The van der Waals surface area contributed by atoms with Gasteiger partial charge in [-0.3, -0.25) is 0 Å². The van der Waals surface area contributed by atoms with Crippen LogP contribution in [0.1, 0.15) is 15.9 Å². The van der Waals surface area contributed by atoms with Crippen LogP contribution in [0.15, 0.2) is 18.2 Å². The molecule has 0 saturated carbocycles. The minimum absolute atomic E-state index is 0.000380. The van der Waals surface area contributed by atoms with Gasteiger partial charge in [-0.05, 0) is 30.7 Å². The van der Waals surface area contributed by atoms with E-state index in [0.717, 1.165) is 10.9 Å². The van der Waals surface area contributed by atoms with Crippen molar-refractivity contribution in [3.05, 3.63) is 39.5 Å². The quantitative estimate of drug-likeness (QED) is 0.793. The zero-order chi connectivity index (χ0) is 11.9. The topological polar surface area (TPSA) is 50.2 Å². The van der Waals surface area contributed by atoms with E-state index in [9.17, 15) is 4.79 Å². The zero-order valence-corrected chi connectivity index (χ0v) is 9.80. The fourth-order valence-corrected chi connectivity index (χ4v) is 2.03. The number of carboxylic acid groups (broad SMARTS) is 1. The van der Waals surface area contributed by atoms with Gasteiger partial charge in [0.25, 0.3) is 0 Å². The van der Waals surface area contributed by atoms with E-state index in [0.29, 0.717) is 10.5 Å². The number of carboxylic acids is 1. The number of halogens is 2. The molecule has 1 aromatic carbocycles. The van der Waals surface area contributed by atoms with Crippen LogP contribution in [-0.4, -0.2) is 16.1 Å². The van der Waals surface area contributed by atoms with Crippen molar-refractivity contribution in [2.24, 2.45) is 0 Å². The van der Waals surface area contributed by atoms with Gasteiger partial charge < -0.3 is 5.11 Å². The summed E-state index contributed by atoms with van der Waals surface area (Å²) in [6.45, 7) is 1.84. The molecule has 0 bridgehead atoms. The first-order valence-corrected chi connectivity index (χ1v) is 5.24. The lowest BCUT2D eigenvalue weighted by Gasteiger charge is -2.05. The van der Waals surface area contributed by atoms with Crippen LogP contribution in [-0.2, 0) is 0 Å². The fourth-order valence-electron chi connectivity index (χ4n) is 1.54. The van der Waals surface area contributed by atoms with Crippen LogP contribution in [0.2, 0.25) is 10.2 Å². The molecule has 0 spiro atoms. The third kappa shape index (κ3) is 1.84. The van der Waals surface area contributed by atoms with Gasteiger partial charge in [0.15, 0.2) is 0 Å². The van der Waals surface area contributed by atoms with Gasteiger partial charge in [0, 0.05) is 10.4 Å². The average molecular weight is 256 g/mol. The number of rotatable bonds is 1. The highest BCUT2D eigenvalue weighted by Crippen LogP contribution is 2.26. The number of carbonyl (C=O) groups is 1. The molecule has 2 aromatic rings. The van der Waals surface area contributed by atoms with Gasteiger partial charge in [0.05, 0.1) is 11.1 Å². The van der Waals surface area contributed by atoms with Crippen LogP contribution in [0.25, 0.3) is 10.9 Å². The molecular weight excluding hydrogens is 249 g/mol. The van der Waals surface area contributed by atoms with Gasteiger partial charge >= 0.3 is 5.97 Å². The standard InChI is InChI=1S/C11H7Cl2NO2/c1-5-2-6(12)3-9-7(5)4-8(11(15)16)10(13)14-9/h2-4H,1H3,(H,15,16). The molecule has 0 aliphatic carbocycles. The first-order chi connectivity index (χ1) is 7.49. The number of pyridine rings is 1. The Labute approximate surface area is 102 Å². The van der Waals surface area contributed by atoms with Gasteiger partial charge in [-0.1, -0.05) is 23.2 Å². The largest absolute Gasteiger partial charge is 0.478 e. The van der Waals surface area contributed by atoms with Gasteiger partial charge in [0.1, 0.15) is 5.15 Å². The Balaban J connectivity index is 2.84. The fraction of sp³-hybridized carbons (Fsp3) is 0.0909. The molecule has 1 N–H and O–H groups in total. The second-order valence-corrected chi connectivity index (χ2v) is 4.22. The molecule has 0 saturated heterocycles. The smallest absolute Gasteiger partial charge is 0.338 e. The molecule has 0 fully saturated rings. The molecule has 0 aliphatic rings. The molecule has 1 heterocycles. The molecule has 1 aromatic heterocycles. The predicted molar refractivity (Wildman–Crippen MR) is 63.5 cm³/mol. The molecule has 0 amide bonds. The van der Waals surface area contributed by atoms with Gasteiger partial charge in [0.2, 0.25) is 0 Å². The summed E-state index contributed by atoms with van der Waals surface area (Å²) in [5.74, 6) is -1.09. The molecule has 82 valence electrons. The second-order valence-electron chi connectivity index (χ2n) is 3.42. The first kappa shape index (κ1) is 11.2. The summed E-state index contributed by atoms with van der Waals surface area (Å²) in [5, 5.41) is 10.2. The number of nitrogens with zero attached hydrogens (tertiary/aromatic N) is 1. The molecule has 0 atom stereocenters. The van der Waals surface area contributed by atoms with E-state index >= 15 is 0 Å². The summed E-state index contributed by atoms with van der Waals surface area (Å²) in [7, 11) is 0. The Kier molecular flexibility index (Phi) is 2.74. The lowest BCUT2D eigenvalue weighted by Crippen LogP contribution is -2.00. The maximum Gasteiger partial charge on any atom is 0.338 e. The molecule has 0 radical (unpaired) electrons. The molecule has 5 heteroatoms. The molecule has 2 rings (SSSR count). The van der Waals surface area contributed by atoms with Crippen molar-refractivity contribution in [1.29, 1.82) is 0 Å². The number of aromatic nitrogens is 1. The third-order valence-electron chi connectivity index (χ3n) is 2.29. The molecule has 3 nitrogen and oxygen atoms in total. The Morgan fingerprint density at radius 3 is 2.62 bits per heavy atom. The van der Waals surface area contributed by atoms with Crippen molar-refractivity contribution in [3.8, 4) is 0 Å². The van der Waals surface area contributed by atoms with Crippen LogP contribution in [0.3, 0.4) is 0 Å². The van der Waals surface area contributed by atoms with Crippen molar-refractivity contribution in [1.82, 2.24) is 4.98 Å². The monoisotopic (exact) mass is 255 g/mol. The average Bonchev–Trinajstić information content (AvgIpc) is 2.15. The normalized spacial score (nSPS) is 10.7. The van der Waals surface area contributed by atoms with Gasteiger partial charge in [-0.25, -0.2) is 9.78 Å². The summed E-state index contributed by atoms with van der Waals surface area (Å²) in [5.41, 5.74) is 1.47. The van der Waals surface area contributed by atoms with E-state index in [2.05, 4.69) is 4.98 Å². The molecule has 0 unspecified atom stereocenters. The van der Waals surface area contributed by atoms with Crippen molar-refractivity contribution in [2.45, 2.75) is 6.92 Å². The van der Waals surface area contributed by atoms with Gasteiger partial charge in [-0.15, -0.1) is 0 Å². The minimum Gasteiger partial charge on any atom is -0.478 e. The number of hydrogen-bond acceptors (Lipinski definition) is 2. The summed E-state index contributed by atoms with van der Waals surface area (Å²) in [6.07, 6.45) is 0. The van der Waals surface area contributed by atoms with Crippen molar-refractivity contribution in [3.63, 3.8) is 0 Å². The van der Waals surface area contributed by atoms with Gasteiger partial charge in [-0.2, -0.15) is 0 Å². The number of fused-ring (bicyclic) bond motifs is 1. The van der Waals surface area contributed by atoms with E-state index < -0.39 is 5.97 Å². The zero-order valence-electron chi connectivity index (χ0n) is 8.29. The second kappa shape index (κ2) is 3.92. The molecule has 16 heavy (non-hydrogen) atoms. The third-order valence-corrected chi connectivity index (χ3v) is 2.80. The Hall–Kier alpha value is -1.32. The molecule has 0 aliphatic heterocycles. The van der Waals surface area contributed by atoms with E-state index in [-0.39, 0.29) is 10.7 Å². The van der Waals surface area contributed by atoms with Crippen LogP contribution < -0.4 is 0 Å². The number of aromatic carboxylic acids is 1. The van der Waals surface area contributed by atoms with Crippen molar-refractivity contribution < 1.29 is 9.90 Å².